The Morgan fingerprint density at radius 3 is 2.38 bits per heavy atom. The van der Waals surface area contributed by atoms with Gasteiger partial charge in [0.2, 0.25) is 5.88 Å². The molecule has 1 aliphatic heterocycles. The number of halogens is 6. The zero-order valence-corrected chi connectivity index (χ0v) is 21.9. The average molecular weight is 610 g/mol. The topological polar surface area (TPSA) is 103 Å². The number of carboxylic acids is 1. The molecular weight excluding hydrogens is 593 g/mol. The van der Waals surface area contributed by atoms with Gasteiger partial charge in [0.15, 0.2) is 17.2 Å². The fraction of sp³-hybridized carbons (Fsp3) is 0.148. The first-order chi connectivity index (χ1) is 19.7. The third-order valence-corrected chi connectivity index (χ3v) is 6.39. The van der Waals surface area contributed by atoms with E-state index in [-0.39, 0.29) is 40.6 Å². The highest BCUT2D eigenvalue weighted by molar-refractivity contribution is 6.32. The van der Waals surface area contributed by atoms with Gasteiger partial charge in [0.25, 0.3) is 5.91 Å². The number of rotatable bonds is 7. The van der Waals surface area contributed by atoms with Crippen molar-refractivity contribution in [2.24, 2.45) is 0 Å². The van der Waals surface area contributed by atoms with Crippen molar-refractivity contribution in [1.82, 2.24) is 9.78 Å². The van der Waals surface area contributed by atoms with Crippen LogP contribution in [0, 0.1) is 0 Å². The molecule has 0 saturated heterocycles. The van der Waals surface area contributed by atoms with Crippen LogP contribution >= 0.6 is 11.6 Å². The predicted molar refractivity (Wildman–Crippen MR) is 137 cm³/mol. The van der Waals surface area contributed by atoms with Crippen molar-refractivity contribution in [3.8, 4) is 23.1 Å². The lowest BCUT2D eigenvalue weighted by Gasteiger charge is -2.18. The van der Waals surface area contributed by atoms with E-state index in [4.69, 9.17) is 21.4 Å². The van der Waals surface area contributed by atoms with E-state index in [9.17, 15) is 31.5 Å². The van der Waals surface area contributed by atoms with E-state index in [1.165, 1.54) is 73.8 Å². The molecule has 0 fully saturated rings. The zero-order valence-electron chi connectivity index (χ0n) is 21.2. The number of carbonyl (C=O) groups is 2. The molecule has 15 heteroatoms. The lowest BCUT2D eigenvalue weighted by Crippen LogP contribution is -2.26. The Hall–Kier alpha value is -4.85. The van der Waals surface area contributed by atoms with Gasteiger partial charge in [0.1, 0.15) is 11.6 Å². The Kier molecular flexibility index (Phi) is 7.18. The normalized spacial score (nSPS) is 13.6. The average Bonchev–Trinajstić information content (AvgIpc) is 3.45. The molecule has 0 saturated carbocycles. The van der Waals surface area contributed by atoms with E-state index in [1.807, 2.05) is 0 Å². The van der Waals surface area contributed by atoms with Crippen LogP contribution in [0.4, 0.5) is 27.6 Å². The summed E-state index contributed by atoms with van der Waals surface area (Å²) in [5.41, 5.74) is -0.811. The quantitative estimate of drug-likeness (QED) is 0.241. The second-order valence-electron chi connectivity index (χ2n) is 8.88. The molecule has 3 aromatic carbocycles. The number of hydrogen-bond donors (Lipinski definition) is 1. The molecule has 0 atom stereocenters. The number of hydrogen-bond acceptors (Lipinski definition) is 6. The fourth-order valence-corrected chi connectivity index (χ4v) is 4.27. The largest absolute Gasteiger partial charge is 0.586 e. The highest BCUT2D eigenvalue weighted by Gasteiger charge is 2.43. The minimum Gasteiger partial charge on any atom is -0.478 e. The number of ether oxygens (including phenoxy) is 3. The van der Waals surface area contributed by atoms with Crippen molar-refractivity contribution in [2.75, 3.05) is 11.9 Å². The molecule has 0 unspecified atom stereocenters. The van der Waals surface area contributed by atoms with Crippen molar-refractivity contribution >= 4 is 29.2 Å². The molecule has 0 aliphatic carbocycles. The van der Waals surface area contributed by atoms with Crippen LogP contribution in [-0.2, 0) is 12.8 Å². The van der Waals surface area contributed by atoms with Crippen LogP contribution in [0.2, 0.25) is 5.02 Å². The summed E-state index contributed by atoms with van der Waals surface area (Å²) in [7, 11) is 1.36. The Morgan fingerprint density at radius 1 is 1.02 bits per heavy atom. The number of amides is 1. The van der Waals surface area contributed by atoms with Gasteiger partial charge in [-0.05, 0) is 48.0 Å². The summed E-state index contributed by atoms with van der Waals surface area (Å²) in [4.78, 5) is 25.4. The summed E-state index contributed by atoms with van der Waals surface area (Å²) in [6, 6.07) is 14.6. The maximum absolute atomic E-state index is 13.7. The van der Waals surface area contributed by atoms with E-state index >= 15 is 0 Å². The molecule has 218 valence electrons. The van der Waals surface area contributed by atoms with E-state index in [0.29, 0.717) is 5.56 Å². The number of alkyl halides is 5. The van der Waals surface area contributed by atoms with Gasteiger partial charge in [-0.15, -0.1) is 8.78 Å². The van der Waals surface area contributed by atoms with Gasteiger partial charge < -0.3 is 24.2 Å². The monoisotopic (exact) mass is 609 g/mol. The van der Waals surface area contributed by atoms with Gasteiger partial charge in [-0.2, -0.15) is 23.0 Å². The van der Waals surface area contributed by atoms with Crippen LogP contribution in [0.15, 0.2) is 66.7 Å². The molecule has 5 rings (SSSR count). The predicted octanol–water partition coefficient (Wildman–Crippen LogP) is 6.42. The van der Waals surface area contributed by atoms with Crippen molar-refractivity contribution in [2.45, 2.75) is 19.1 Å². The van der Waals surface area contributed by atoms with Crippen molar-refractivity contribution in [3.63, 3.8) is 0 Å². The van der Waals surface area contributed by atoms with Crippen molar-refractivity contribution in [1.29, 1.82) is 0 Å². The highest BCUT2D eigenvalue weighted by Crippen LogP contribution is 2.43. The van der Waals surface area contributed by atoms with Crippen LogP contribution in [-0.4, -0.2) is 40.1 Å². The summed E-state index contributed by atoms with van der Waals surface area (Å²) in [5, 5.41) is 11.8. The van der Waals surface area contributed by atoms with Gasteiger partial charge in [-0.3, -0.25) is 4.79 Å². The Bertz CT molecular complexity index is 1690. The van der Waals surface area contributed by atoms with E-state index in [2.05, 4.69) is 14.6 Å². The number of anilines is 1. The number of carbonyl (C=O) groups excluding carboxylic acids is 1. The molecule has 42 heavy (non-hydrogen) atoms. The standard InChI is InChI=1S/C27H17ClF5N3O6/c1-35(17-9-10-19-20(12-17)42-27(32,33)41-19)23(37)16-3-2-4-18(11-16)36-24(21(28)22(34-36)26(29,30)31)40-13-14-5-7-15(8-6-14)25(38)39/h2-12H,13H2,1H3,(H,38,39). The van der Waals surface area contributed by atoms with Gasteiger partial charge in [-0.1, -0.05) is 29.8 Å². The highest BCUT2D eigenvalue weighted by atomic mass is 35.5. The molecule has 1 aromatic heterocycles. The third kappa shape index (κ3) is 5.65. The Balaban J connectivity index is 1.44. The lowest BCUT2D eigenvalue weighted by molar-refractivity contribution is -0.286. The number of fused-ring (bicyclic) bond motifs is 1. The van der Waals surface area contributed by atoms with E-state index in [0.717, 1.165) is 9.58 Å². The second-order valence-corrected chi connectivity index (χ2v) is 9.26. The number of aromatic carboxylic acids is 1. The summed E-state index contributed by atoms with van der Waals surface area (Å²) in [6.45, 7) is -0.285. The molecule has 9 nitrogen and oxygen atoms in total. The molecule has 1 amide bonds. The van der Waals surface area contributed by atoms with E-state index in [1.54, 1.807) is 0 Å². The molecular formula is C27H17ClF5N3O6. The maximum atomic E-state index is 13.7. The summed E-state index contributed by atoms with van der Waals surface area (Å²) < 4.78 is 83.0. The number of nitrogens with zero attached hydrogens (tertiary/aromatic N) is 3. The van der Waals surface area contributed by atoms with Gasteiger partial charge in [0, 0.05) is 24.4 Å². The fourth-order valence-electron chi connectivity index (χ4n) is 3.99. The Labute approximate surface area is 238 Å². The molecule has 0 spiro atoms. The van der Waals surface area contributed by atoms with Gasteiger partial charge >= 0.3 is 18.4 Å². The van der Waals surface area contributed by atoms with Gasteiger partial charge in [-0.25, -0.2) is 4.79 Å². The van der Waals surface area contributed by atoms with E-state index < -0.39 is 40.9 Å². The van der Waals surface area contributed by atoms with Crippen LogP contribution in [0.5, 0.6) is 17.4 Å². The SMILES string of the molecule is CN(C(=O)c1cccc(-n2nc(C(F)(F)F)c(Cl)c2OCc2ccc(C(=O)O)cc2)c1)c1ccc2c(c1)OC(F)(F)O2. The smallest absolute Gasteiger partial charge is 0.478 e. The minimum absolute atomic E-state index is 0.00585. The van der Waals surface area contributed by atoms with Crippen molar-refractivity contribution < 1.29 is 50.9 Å². The van der Waals surface area contributed by atoms with Crippen LogP contribution < -0.4 is 19.1 Å². The summed E-state index contributed by atoms with van der Waals surface area (Å²) in [6.07, 6.45) is -8.78. The van der Waals surface area contributed by atoms with Crippen LogP contribution in [0.1, 0.15) is 32.0 Å². The first-order valence-corrected chi connectivity index (χ1v) is 12.2. The number of benzene rings is 3. The first kappa shape index (κ1) is 28.7. The summed E-state index contributed by atoms with van der Waals surface area (Å²) in [5.74, 6) is -2.76. The first-order valence-electron chi connectivity index (χ1n) is 11.8. The molecule has 0 radical (unpaired) electrons. The molecule has 1 N–H and O–H groups in total. The molecule has 4 aromatic rings. The third-order valence-electron chi connectivity index (χ3n) is 6.05. The van der Waals surface area contributed by atoms with Crippen molar-refractivity contribution in [3.05, 3.63) is 94.1 Å². The van der Waals surface area contributed by atoms with Gasteiger partial charge in [0.05, 0.1) is 11.3 Å². The second kappa shape index (κ2) is 10.5. The number of carboxylic acid groups (broad SMARTS) is 1. The Morgan fingerprint density at radius 2 is 1.71 bits per heavy atom. The molecule has 2 heterocycles. The molecule has 0 bridgehead atoms. The zero-order chi connectivity index (χ0) is 30.4. The lowest BCUT2D eigenvalue weighted by atomic mass is 10.1. The number of aromatic nitrogens is 2. The maximum Gasteiger partial charge on any atom is 0.586 e. The van der Waals surface area contributed by atoms with Crippen LogP contribution in [0.25, 0.3) is 5.69 Å². The van der Waals surface area contributed by atoms with Crippen LogP contribution in [0.3, 0.4) is 0 Å². The summed E-state index contributed by atoms with van der Waals surface area (Å²) >= 11 is 6.04. The minimum atomic E-state index is -4.94. The molecule has 1 aliphatic rings.